The van der Waals surface area contributed by atoms with E-state index in [0.717, 1.165) is 40.3 Å². The van der Waals surface area contributed by atoms with E-state index in [1.807, 2.05) is 54.6 Å². The molecule has 1 aliphatic heterocycles. The minimum Gasteiger partial charge on any atom is -0.256 e. The van der Waals surface area contributed by atoms with Gasteiger partial charge < -0.3 is 0 Å². The van der Waals surface area contributed by atoms with E-state index in [0.29, 0.717) is 0 Å². The number of hydrogen-bond acceptors (Lipinski definition) is 4. The minimum atomic E-state index is -0.0217. The van der Waals surface area contributed by atoms with Crippen molar-refractivity contribution in [3.63, 3.8) is 0 Å². The maximum absolute atomic E-state index is 4.97. The minimum absolute atomic E-state index is 0.0217. The number of nitrogens with one attached hydrogen (secondary N) is 1. The summed E-state index contributed by atoms with van der Waals surface area (Å²) in [7, 11) is 0. The van der Waals surface area contributed by atoms with Crippen molar-refractivity contribution in [1.29, 1.82) is 0 Å². The molecule has 0 saturated heterocycles. The fourth-order valence-corrected chi connectivity index (χ4v) is 3.63. The summed E-state index contributed by atoms with van der Waals surface area (Å²) in [5, 5.41) is 18.8. The standard InChI is InChI=1S/C23H19N5/c1-4-10-17(11-5-1)20-16-21(28(26-20)19-14-8-3-9-15-19)23-22(24-27-25-23)18-12-6-2-7-13-18/h1-15,21H,16H2,(H,24,25,27). The molecule has 3 aromatic carbocycles. The van der Waals surface area contributed by atoms with Crippen LogP contribution in [0.1, 0.15) is 23.7 Å². The highest BCUT2D eigenvalue weighted by molar-refractivity contribution is 6.03. The maximum atomic E-state index is 4.97. The van der Waals surface area contributed by atoms with Crippen LogP contribution in [0, 0.1) is 0 Å². The Morgan fingerprint density at radius 2 is 1.32 bits per heavy atom. The van der Waals surface area contributed by atoms with E-state index in [1.165, 1.54) is 0 Å². The molecule has 0 radical (unpaired) electrons. The van der Waals surface area contributed by atoms with Gasteiger partial charge >= 0.3 is 0 Å². The van der Waals surface area contributed by atoms with Crippen LogP contribution in [-0.2, 0) is 0 Å². The number of H-pyrrole nitrogens is 1. The Hall–Kier alpha value is -3.73. The summed E-state index contributed by atoms with van der Waals surface area (Å²) in [6, 6.07) is 30.7. The largest absolute Gasteiger partial charge is 0.256 e. The highest BCUT2D eigenvalue weighted by atomic mass is 15.5. The third-order valence-electron chi connectivity index (χ3n) is 4.98. The Morgan fingerprint density at radius 1 is 0.714 bits per heavy atom. The van der Waals surface area contributed by atoms with E-state index in [1.54, 1.807) is 0 Å². The Balaban J connectivity index is 1.59. The van der Waals surface area contributed by atoms with Gasteiger partial charge in [0.25, 0.3) is 0 Å². The quantitative estimate of drug-likeness (QED) is 0.564. The molecule has 1 atom stereocenters. The Kier molecular flexibility index (Phi) is 4.18. The molecule has 5 nitrogen and oxygen atoms in total. The summed E-state index contributed by atoms with van der Waals surface area (Å²) in [5.74, 6) is 0. The number of benzene rings is 3. The van der Waals surface area contributed by atoms with Crippen molar-refractivity contribution in [3.8, 4) is 11.3 Å². The molecule has 0 spiro atoms. The molecule has 0 saturated carbocycles. The highest BCUT2D eigenvalue weighted by Gasteiger charge is 2.34. The topological polar surface area (TPSA) is 57.2 Å². The number of hydrazone groups is 1. The van der Waals surface area contributed by atoms with E-state index in [9.17, 15) is 0 Å². The van der Waals surface area contributed by atoms with Crippen molar-refractivity contribution in [2.75, 3.05) is 5.01 Å². The van der Waals surface area contributed by atoms with E-state index in [2.05, 4.69) is 56.8 Å². The van der Waals surface area contributed by atoms with Gasteiger partial charge in [-0.25, -0.2) is 0 Å². The number of aromatic nitrogens is 3. The molecule has 5 heteroatoms. The summed E-state index contributed by atoms with van der Waals surface area (Å²) < 4.78 is 0. The Morgan fingerprint density at radius 3 is 2.00 bits per heavy atom. The van der Waals surface area contributed by atoms with Crippen molar-refractivity contribution in [2.24, 2.45) is 5.10 Å². The van der Waals surface area contributed by atoms with Gasteiger partial charge in [-0.15, -0.1) is 0 Å². The summed E-state index contributed by atoms with van der Waals surface area (Å²) in [5.41, 5.74) is 6.06. The lowest BCUT2D eigenvalue weighted by Gasteiger charge is -2.22. The zero-order chi connectivity index (χ0) is 18.8. The van der Waals surface area contributed by atoms with Gasteiger partial charge in [0.1, 0.15) is 17.4 Å². The second kappa shape index (κ2) is 7.12. The van der Waals surface area contributed by atoms with Gasteiger partial charge in [0, 0.05) is 12.0 Å². The molecule has 28 heavy (non-hydrogen) atoms. The van der Waals surface area contributed by atoms with Crippen LogP contribution < -0.4 is 5.01 Å². The first-order chi connectivity index (χ1) is 13.9. The summed E-state index contributed by atoms with van der Waals surface area (Å²) >= 11 is 0. The van der Waals surface area contributed by atoms with E-state index < -0.39 is 0 Å². The molecule has 0 amide bonds. The predicted octanol–water partition coefficient (Wildman–Crippen LogP) is 4.83. The highest BCUT2D eigenvalue weighted by Crippen LogP contribution is 2.38. The first-order valence-electron chi connectivity index (χ1n) is 9.33. The monoisotopic (exact) mass is 365 g/mol. The third-order valence-corrected chi connectivity index (χ3v) is 4.98. The van der Waals surface area contributed by atoms with Gasteiger partial charge in [0.15, 0.2) is 0 Å². The van der Waals surface area contributed by atoms with Crippen molar-refractivity contribution in [3.05, 3.63) is 102 Å². The van der Waals surface area contributed by atoms with Crippen LogP contribution in [0.2, 0.25) is 0 Å². The smallest absolute Gasteiger partial charge is 0.118 e. The van der Waals surface area contributed by atoms with Gasteiger partial charge in [0.2, 0.25) is 0 Å². The number of para-hydroxylation sites is 1. The lowest BCUT2D eigenvalue weighted by atomic mass is 9.99. The van der Waals surface area contributed by atoms with Gasteiger partial charge in [-0.1, -0.05) is 78.9 Å². The zero-order valence-corrected chi connectivity index (χ0v) is 15.2. The van der Waals surface area contributed by atoms with Gasteiger partial charge in [-0.2, -0.15) is 20.5 Å². The van der Waals surface area contributed by atoms with Crippen LogP contribution in [0.25, 0.3) is 11.3 Å². The number of nitrogens with zero attached hydrogens (tertiary/aromatic N) is 4. The average molecular weight is 365 g/mol. The normalized spacial score (nSPS) is 16.2. The van der Waals surface area contributed by atoms with Gasteiger partial charge in [0.05, 0.1) is 11.4 Å². The van der Waals surface area contributed by atoms with Crippen LogP contribution in [0.4, 0.5) is 5.69 Å². The van der Waals surface area contributed by atoms with E-state index in [4.69, 9.17) is 5.10 Å². The molecule has 0 fully saturated rings. The van der Waals surface area contributed by atoms with Gasteiger partial charge in [-0.3, -0.25) is 5.01 Å². The van der Waals surface area contributed by atoms with Crippen LogP contribution >= 0.6 is 0 Å². The lowest BCUT2D eigenvalue weighted by molar-refractivity contribution is 0.683. The molecule has 1 aliphatic rings. The number of hydrogen-bond donors (Lipinski definition) is 1. The van der Waals surface area contributed by atoms with Crippen LogP contribution in [0.3, 0.4) is 0 Å². The molecule has 5 rings (SSSR count). The third kappa shape index (κ3) is 2.97. The summed E-state index contributed by atoms with van der Waals surface area (Å²) in [6.07, 6.45) is 0.769. The van der Waals surface area contributed by atoms with E-state index in [-0.39, 0.29) is 6.04 Å². The SMILES string of the molecule is c1ccc(C2=NN(c3ccccc3)C(c3n[nH]nc3-c3ccccc3)C2)cc1. The second-order valence-electron chi connectivity index (χ2n) is 6.74. The predicted molar refractivity (Wildman–Crippen MR) is 111 cm³/mol. The summed E-state index contributed by atoms with van der Waals surface area (Å²) in [4.78, 5) is 0. The first-order valence-corrected chi connectivity index (χ1v) is 9.33. The fraction of sp³-hybridized carbons (Fsp3) is 0.0870. The van der Waals surface area contributed by atoms with Crippen molar-refractivity contribution in [1.82, 2.24) is 15.4 Å². The average Bonchev–Trinajstić information content (AvgIpc) is 3.43. The van der Waals surface area contributed by atoms with Crippen molar-refractivity contribution < 1.29 is 0 Å². The molecule has 0 aliphatic carbocycles. The Bertz CT molecular complexity index is 1090. The number of aromatic amines is 1. The molecular formula is C23H19N5. The lowest BCUT2D eigenvalue weighted by Crippen LogP contribution is -2.19. The number of rotatable bonds is 4. The molecular weight excluding hydrogens is 346 g/mol. The molecule has 2 heterocycles. The van der Waals surface area contributed by atoms with Gasteiger partial charge in [-0.05, 0) is 17.7 Å². The van der Waals surface area contributed by atoms with Crippen LogP contribution in [0.5, 0.6) is 0 Å². The molecule has 136 valence electrons. The zero-order valence-electron chi connectivity index (χ0n) is 15.2. The molecule has 4 aromatic rings. The molecule has 1 N–H and O–H groups in total. The second-order valence-corrected chi connectivity index (χ2v) is 6.74. The summed E-state index contributed by atoms with van der Waals surface area (Å²) in [6.45, 7) is 0. The van der Waals surface area contributed by atoms with Crippen LogP contribution in [0.15, 0.2) is 96.1 Å². The van der Waals surface area contributed by atoms with Crippen molar-refractivity contribution >= 4 is 11.4 Å². The first kappa shape index (κ1) is 16.4. The molecule has 1 unspecified atom stereocenters. The maximum Gasteiger partial charge on any atom is 0.118 e. The number of anilines is 1. The van der Waals surface area contributed by atoms with Crippen LogP contribution in [-0.4, -0.2) is 21.1 Å². The Labute approximate surface area is 163 Å². The van der Waals surface area contributed by atoms with E-state index >= 15 is 0 Å². The molecule has 1 aromatic heterocycles. The molecule has 0 bridgehead atoms. The van der Waals surface area contributed by atoms with Crippen molar-refractivity contribution in [2.45, 2.75) is 12.5 Å². The fourth-order valence-electron chi connectivity index (χ4n) is 3.63.